The van der Waals surface area contributed by atoms with Crippen LogP contribution < -0.4 is 9.04 Å². The van der Waals surface area contributed by atoms with Crippen molar-refractivity contribution in [3.8, 4) is 5.75 Å². The molecule has 0 radical (unpaired) electrons. The molecule has 0 bridgehead atoms. The number of anilines is 1. The third-order valence-electron chi connectivity index (χ3n) is 6.44. The Bertz CT molecular complexity index is 1410. The van der Waals surface area contributed by atoms with Crippen molar-refractivity contribution in [1.29, 1.82) is 0 Å². The van der Waals surface area contributed by atoms with E-state index in [1.54, 1.807) is 18.2 Å². The molecule has 0 amide bonds. The number of aromatic nitrogens is 1. The number of fused-ring (bicyclic) bond motifs is 1. The second kappa shape index (κ2) is 9.58. The average molecular weight is 497 g/mol. The summed E-state index contributed by atoms with van der Waals surface area (Å²) in [5.41, 5.74) is 3.77. The first-order valence-electron chi connectivity index (χ1n) is 11.3. The van der Waals surface area contributed by atoms with Gasteiger partial charge in [-0.25, -0.2) is 13.2 Å². The van der Waals surface area contributed by atoms with Crippen LogP contribution in [0.15, 0.2) is 53.4 Å². The van der Waals surface area contributed by atoms with Gasteiger partial charge in [0.2, 0.25) is 5.78 Å². The number of ketones is 1. The Hall–Kier alpha value is -3.59. The highest BCUT2D eigenvalue weighted by Crippen LogP contribution is 2.35. The van der Waals surface area contributed by atoms with Crippen molar-refractivity contribution in [3.63, 3.8) is 0 Å². The lowest BCUT2D eigenvalue weighted by atomic mass is 10.0. The minimum absolute atomic E-state index is 0.0171. The Morgan fingerprint density at radius 3 is 2.49 bits per heavy atom. The molecule has 184 valence electrons. The van der Waals surface area contributed by atoms with Gasteiger partial charge in [-0.2, -0.15) is 0 Å². The van der Waals surface area contributed by atoms with Gasteiger partial charge in [0.1, 0.15) is 10.6 Å². The molecule has 9 heteroatoms. The number of rotatable bonds is 7. The Balaban J connectivity index is 1.60. The number of methoxy groups -OCH3 is 1. The van der Waals surface area contributed by atoms with Crippen molar-refractivity contribution in [2.75, 3.05) is 24.6 Å². The van der Waals surface area contributed by atoms with Crippen molar-refractivity contribution in [2.24, 2.45) is 7.05 Å². The zero-order chi connectivity index (χ0) is 25.3. The maximum Gasteiger partial charge on any atom is 0.338 e. The second-order valence-corrected chi connectivity index (χ2v) is 10.3. The molecular formula is C26H28N2O6S. The van der Waals surface area contributed by atoms with Crippen LogP contribution in [-0.2, 0) is 28.2 Å². The molecule has 35 heavy (non-hydrogen) atoms. The van der Waals surface area contributed by atoms with Crippen LogP contribution in [0.5, 0.6) is 5.75 Å². The molecule has 1 aliphatic heterocycles. The number of aryl methyl sites for hydroxylation is 2. The summed E-state index contributed by atoms with van der Waals surface area (Å²) < 4.78 is 41.1. The van der Waals surface area contributed by atoms with Gasteiger partial charge in [-0.3, -0.25) is 9.10 Å². The summed E-state index contributed by atoms with van der Waals surface area (Å²) in [5, 5.41) is 0. The molecule has 0 aliphatic carbocycles. The van der Waals surface area contributed by atoms with Crippen molar-refractivity contribution < 1.29 is 27.5 Å². The third kappa shape index (κ3) is 4.55. The van der Waals surface area contributed by atoms with Crippen LogP contribution in [0, 0.1) is 13.8 Å². The molecular weight excluding hydrogens is 468 g/mol. The molecule has 3 aromatic rings. The molecule has 0 unspecified atom stereocenters. The number of carbonyl (C=O) groups excluding carboxylic acids is 2. The number of esters is 1. The predicted octanol–water partition coefficient (Wildman–Crippen LogP) is 3.83. The summed E-state index contributed by atoms with van der Waals surface area (Å²) >= 11 is 0. The maximum absolute atomic E-state index is 13.7. The molecule has 0 N–H and O–H groups in total. The second-order valence-electron chi connectivity index (χ2n) is 8.52. The van der Waals surface area contributed by atoms with E-state index in [2.05, 4.69) is 0 Å². The summed E-state index contributed by atoms with van der Waals surface area (Å²) in [6.07, 6.45) is 1.47. The van der Waals surface area contributed by atoms with Crippen molar-refractivity contribution in [3.05, 3.63) is 76.6 Å². The molecule has 0 fully saturated rings. The quantitative estimate of drug-likeness (QED) is 0.364. The van der Waals surface area contributed by atoms with Gasteiger partial charge in [-0.05, 0) is 62.6 Å². The third-order valence-corrected chi connectivity index (χ3v) is 8.28. The first kappa shape index (κ1) is 24.5. The highest BCUT2D eigenvalue weighted by atomic mass is 32.2. The predicted molar refractivity (Wildman–Crippen MR) is 132 cm³/mol. The molecule has 1 aliphatic rings. The number of para-hydroxylation sites is 1. The fourth-order valence-corrected chi connectivity index (χ4v) is 6.03. The maximum atomic E-state index is 13.7. The van der Waals surface area contributed by atoms with E-state index in [9.17, 15) is 18.0 Å². The molecule has 0 atom stereocenters. The highest BCUT2D eigenvalue weighted by molar-refractivity contribution is 7.93. The smallest absolute Gasteiger partial charge is 0.338 e. The monoisotopic (exact) mass is 496 g/mol. The first-order chi connectivity index (χ1) is 16.6. The Morgan fingerprint density at radius 2 is 1.80 bits per heavy atom. The zero-order valence-corrected chi connectivity index (χ0v) is 21.0. The fraction of sp³-hybridized carbons (Fsp3) is 0.308. The summed E-state index contributed by atoms with van der Waals surface area (Å²) in [7, 11) is -0.796. The summed E-state index contributed by atoms with van der Waals surface area (Å²) in [6, 6.07) is 13.2. The fourth-order valence-electron chi connectivity index (χ4n) is 4.30. The van der Waals surface area contributed by atoms with Crippen LogP contribution in [0.25, 0.3) is 0 Å². The topological polar surface area (TPSA) is 94.9 Å². The average Bonchev–Trinajstić information content (AvgIpc) is 3.13. The van der Waals surface area contributed by atoms with Crippen molar-refractivity contribution in [1.82, 2.24) is 4.57 Å². The van der Waals surface area contributed by atoms with Gasteiger partial charge in [-0.1, -0.05) is 18.2 Å². The van der Waals surface area contributed by atoms with Crippen LogP contribution >= 0.6 is 0 Å². The largest absolute Gasteiger partial charge is 0.495 e. The van der Waals surface area contributed by atoms with Crippen molar-refractivity contribution >= 4 is 27.5 Å². The number of nitrogens with zero attached hydrogens (tertiary/aromatic N) is 2. The minimum atomic E-state index is -4.03. The van der Waals surface area contributed by atoms with E-state index in [1.807, 2.05) is 37.6 Å². The number of ether oxygens (including phenoxy) is 2. The van der Waals surface area contributed by atoms with Gasteiger partial charge in [0.15, 0.2) is 6.61 Å². The molecule has 0 saturated carbocycles. The zero-order valence-electron chi connectivity index (χ0n) is 20.2. The van der Waals surface area contributed by atoms with Gasteiger partial charge in [0, 0.05) is 30.5 Å². The van der Waals surface area contributed by atoms with E-state index in [-0.39, 0.29) is 22.0 Å². The van der Waals surface area contributed by atoms with Gasteiger partial charge in [0.25, 0.3) is 10.0 Å². The van der Waals surface area contributed by atoms with E-state index in [0.29, 0.717) is 24.2 Å². The lowest BCUT2D eigenvalue weighted by Crippen LogP contribution is -2.35. The minimum Gasteiger partial charge on any atom is -0.495 e. The number of carbonyl (C=O) groups is 2. The number of Topliss-reactive ketones (excluding diaryl/α,β-unsaturated/α-hetero) is 1. The molecule has 4 rings (SSSR count). The SMILES string of the molecule is COc1ccc(C(=O)OCC(=O)c2cc(C)n(C)c2C)cc1S(=O)(=O)N1CCCc2ccccc21. The molecule has 0 saturated heterocycles. The number of benzene rings is 2. The van der Waals surface area contributed by atoms with E-state index in [0.717, 1.165) is 23.4 Å². The lowest BCUT2D eigenvalue weighted by Gasteiger charge is -2.30. The number of sulfonamides is 1. The summed E-state index contributed by atoms with van der Waals surface area (Å²) in [5.74, 6) is -0.997. The normalized spacial score (nSPS) is 13.3. The first-order valence-corrected chi connectivity index (χ1v) is 12.7. The molecule has 2 aromatic carbocycles. The van der Waals surface area contributed by atoms with Crippen LogP contribution in [-0.4, -0.2) is 45.0 Å². The summed E-state index contributed by atoms with van der Waals surface area (Å²) in [4.78, 5) is 25.2. The Morgan fingerprint density at radius 1 is 1.06 bits per heavy atom. The van der Waals surface area contributed by atoms with E-state index >= 15 is 0 Å². The van der Waals surface area contributed by atoms with Crippen LogP contribution in [0.3, 0.4) is 0 Å². The van der Waals surface area contributed by atoms with E-state index in [4.69, 9.17) is 9.47 Å². The van der Waals surface area contributed by atoms with Crippen LogP contribution in [0.1, 0.15) is 44.1 Å². The Labute approximate surface area is 205 Å². The number of hydrogen-bond donors (Lipinski definition) is 0. The molecule has 1 aromatic heterocycles. The van der Waals surface area contributed by atoms with Gasteiger partial charge in [0.05, 0.1) is 18.4 Å². The Kier molecular flexibility index (Phi) is 6.71. The van der Waals surface area contributed by atoms with Crippen LogP contribution in [0.2, 0.25) is 0 Å². The molecule has 2 heterocycles. The molecule has 8 nitrogen and oxygen atoms in total. The lowest BCUT2D eigenvalue weighted by molar-refractivity contribution is 0.0474. The van der Waals surface area contributed by atoms with Crippen LogP contribution in [0.4, 0.5) is 5.69 Å². The van der Waals surface area contributed by atoms with Crippen molar-refractivity contribution in [2.45, 2.75) is 31.6 Å². The van der Waals surface area contributed by atoms with E-state index in [1.165, 1.54) is 29.6 Å². The van der Waals surface area contributed by atoms with E-state index < -0.39 is 22.6 Å². The van der Waals surface area contributed by atoms with Gasteiger partial charge in [-0.15, -0.1) is 0 Å². The standard InChI is InChI=1S/C26H28N2O6S/c1-17-14-21(18(2)27(17)3)23(29)16-34-26(30)20-11-12-24(33-4)25(15-20)35(31,32)28-13-7-9-19-8-5-6-10-22(19)28/h5-6,8,10-12,14-15H,7,9,13,16H2,1-4H3. The summed E-state index contributed by atoms with van der Waals surface area (Å²) in [6.45, 7) is 3.58. The van der Waals surface area contributed by atoms with Gasteiger partial charge < -0.3 is 14.0 Å². The number of hydrogen-bond acceptors (Lipinski definition) is 6. The highest BCUT2D eigenvalue weighted by Gasteiger charge is 2.32. The van der Waals surface area contributed by atoms with Gasteiger partial charge >= 0.3 is 5.97 Å². The molecule has 0 spiro atoms.